The number of aromatic hydroxyl groups is 1. The molecule has 4 heteroatoms. The van der Waals surface area contributed by atoms with Crippen molar-refractivity contribution in [3.63, 3.8) is 0 Å². The van der Waals surface area contributed by atoms with Crippen LogP contribution in [0.5, 0.6) is 11.5 Å². The summed E-state index contributed by atoms with van der Waals surface area (Å²) in [5.74, 6) is 2.47. The second-order valence-corrected chi connectivity index (χ2v) is 8.56. The number of carbonyl (C=O) groups excluding carboxylic acids is 1. The molecule has 5 aliphatic rings. The van der Waals surface area contributed by atoms with Gasteiger partial charge in [-0.3, -0.25) is 9.69 Å². The molecule has 1 N–H and O–H groups in total. The van der Waals surface area contributed by atoms with Crippen LogP contribution in [0.25, 0.3) is 0 Å². The Morgan fingerprint density at radius 3 is 3.00 bits per heavy atom. The Labute approximate surface area is 141 Å². The van der Waals surface area contributed by atoms with Crippen molar-refractivity contribution in [3.05, 3.63) is 23.3 Å². The summed E-state index contributed by atoms with van der Waals surface area (Å²) in [6, 6.07) is 4.37. The van der Waals surface area contributed by atoms with E-state index in [2.05, 4.69) is 11.0 Å². The molecule has 0 amide bonds. The molecule has 1 unspecified atom stereocenters. The van der Waals surface area contributed by atoms with Gasteiger partial charge in [0.1, 0.15) is 0 Å². The van der Waals surface area contributed by atoms with Gasteiger partial charge in [0.15, 0.2) is 23.4 Å². The van der Waals surface area contributed by atoms with Crippen molar-refractivity contribution in [2.75, 3.05) is 13.1 Å². The number of ether oxygens (including phenoxy) is 1. The highest BCUT2D eigenvalue weighted by atomic mass is 16.5. The molecule has 2 aliphatic heterocycles. The predicted octanol–water partition coefficient (Wildman–Crippen LogP) is 2.41. The summed E-state index contributed by atoms with van der Waals surface area (Å²) in [5, 5.41) is 10.3. The number of benzene rings is 1. The average Bonchev–Trinajstić information content (AvgIpc) is 3.32. The van der Waals surface area contributed by atoms with E-state index in [0.717, 1.165) is 31.7 Å². The largest absolute Gasteiger partial charge is 0.504 e. The third-order valence-electron chi connectivity index (χ3n) is 7.41. The first kappa shape index (κ1) is 13.7. The number of phenols is 1. The van der Waals surface area contributed by atoms with E-state index in [9.17, 15) is 9.90 Å². The van der Waals surface area contributed by atoms with Crippen LogP contribution in [0, 0.1) is 11.8 Å². The summed E-state index contributed by atoms with van der Waals surface area (Å²) in [6.45, 7) is 2.30. The second kappa shape index (κ2) is 4.34. The molecule has 2 saturated carbocycles. The van der Waals surface area contributed by atoms with Gasteiger partial charge in [0.25, 0.3) is 0 Å². The third kappa shape index (κ3) is 1.52. The summed E-state index contributed by atoms with van der Waals surface area (Å²) in [5.41, 5.74) is 2.33. The number of carbonyl (C=O) groups is 1. The van der Waals surface area contributed by atoms with Gasteiger partial charge in [-0.25, -0.2) is 0 Å². The fourth-order valence-corrected chi connectivity index (χ4v) is 6.27. The minimum absolute atomic E-state index is 0.165. The fourth-order valence-electron chi connectivity index (χ4n) is 6.27. The van der Waals surface area contributed by atoms with Crippen LogP contribution >= 0.6 is 0 Å². The minimum atomic E-state index is -0.357. The molecule has 3 aliphatic carbocycles. The zero-order valence-electron chi connectivity index (χ0n) is 13.8. The molecule has 4 atom stereocenters. The minimum Gasteiger partial charge on any atom is -0.504 e. The van der Waals surface area contributed by atoms with Crippen molar-refractivity contribution in [3.8, 4) is 11.5 Å². The first-order chi connectivity index (χ1) is 11.7. The normalized spacial score (nSPS) is 39.5. The fraction of sp³-hybridized carbons (Fsp3) is 0.650. The molecule has 0 aromatic heterocycles. The molecule has 2 bridgehead atoms. The van der Waals surface area contributed by atoms with Gasteiger partial charge in [-0.1, -0.05) is 6.07 Å². The highest BCUT2D eigenvalue weighted by Gasteiger charge is 2.65. The van der Waals surface area contributed by atoms with Crippen LogP contribution in [0.4, 0.5) is 0 Å². The zero-order valence-corrected chi connectivity index (χ0v) is 13.8. The molecule has 1 aromatic rings. The summed E-state index contributed by atoms with van der Waals surface area (Å²) in [4.78, 5) is 15.4. The van der Waals surface area contributed by atoms with E-state index in [0.29, 0.717) is 24.1 Å². The summed E-state index contributed by atoms with van der Waals surface area (Å²) in [7, 11) is 0. The van der Waals surface area contributed by atoms with E-state index in [1.165, 1.54) is 30.5 Å². The van der Waals surface area contributed by atoms with Crippen LogP contribution in [-0.2, 0) is 16.6 Å². The predicted molar refractivity (Wildman–Crippen MR) is 88.3 cm³/mol. The van der Waals surface area contributed by atoms with Gasteiger partial charge in [-0.15, -0.1) is 0 Å². The maximum absolute atomic E-state index is 12.7. The molecule has 0 radical (unpaired) electrons. The van der Waals surface area contributed by atoms with Gasteiger partial charge in [-0.2, -0.15) is 0 Å². The van der Waals surface area contributed by atoms with Crippen molar-refractivity contribution < 1.29 is 14.6 Å². The maximum Gasteiger partial charge on any atom is 0.174 e. The van der Waals surface area contributed by atoms with Crippen LogP contribution in [-0.4, -0.2) is 41.0 Å². The molecule has 1 saturated heterocycles. The number of ketones is 1. The van der Waals surface area contributed by atoms with Crippen molar-refractivity contribution in [1.82, 2.24) is 4.90 Å². The summed E-state index contributed by atoms with van der Waals surface area (Å²) in [6.07, 6.45) is 6.08. The van der Waals surface area contributed by atoms with E-state index < -0.39 is 0 Å². The number of Topliss-reactive ketones (excluding diaryl/α,β-unsaturated/α-hetero) is 1. The molecule has 126 valence electrons. The maximum atomic E-state index is 12.7. The van der Waals surface area contributed by atoms with Gasteiger partial charge >= 0.3 is 0 Å². The first-order valence-corrected chi connectivity index (χ1v) is 9.47. The van der Waals surface area contributed by atoms with Crippen LogP contribution in [0.1, 0.15) is 43.2 Å². The van der Waals surface area contributed by atoms with Gasteiger partial charge < -0.3 is 9.84 Å². The number of hydrogen-bond donors (Lipinski definition) is 1. The van der Waals surface area contributed by atoms with Crippen LogP contribution in [0.3, 0.4) is 0 Å². The van der Waals surface area contributed by atoms with Gasteiger partial charge in [0, 0.05) is 30.0 Å². The zero-order chi connectivity index (χ0) is 16.1. The second-order valence-electron chi connectivity index (χ2n) is 8.56. The quantitative estimate of drug-likeness (QED) is 0.907. The van der Waals surface area contributed by atoms with E-state index >= 15 is 0 Å². The lowest BCUT2D eigenvalue weighted by Gasteiger charge is -2.57. The van der Waals surface area contributed by atoms with Crippen LogP contribution in [0.2, 0.25) is 0 Å². The number of rotatable bonds is 2. The van der Waals surface area contributed by atoms with E-state index in [4.69, 9.17) is 4.74 Å². The van der Waals surface area contributed by atoms with Gasteiger partial charge in [0.05, 0.1) is 0 Å². The molecule has 6 rings (SSSR count). The Kier molecular flexibility index (Phi) is 2.48. The van der Waals surface area contributed by atoms with Crippen LogP contribution in [0.15, 0.2) is 12.1 Å². The van der Waals surface area contributed by atoms with E-state index in [1.54, 1.807) is 6.07 Å². The summed E-state index contributed by atoms with van der Waals surface area (Å²) >= 11 is 0. The Hall–Kier alpha value is -1.55. The van der Waals surface area contributed by atoms with Gasteiger partial charge in [-0.05, 0) is 62.1 Å². The lowest BCUT2D eigenvalue weighted by molar-refractivity contribution is -0.138. The van der Waals surface area contributed by atoms with Crippen molar-refractivity contribution in [2.24, 2.45) is 11.8 Å². The number of piperidine rings is 1. The SMILES string of the molecule is O=C1CCC2[C@H]3Cc4ccc(O)c5c4[C@@]2(CCN3CC2CC2)[C@H]1O5. The standard InChI is InChI=1S/C20H23NO3/c22-15-5-3-12-9-14-13-4-6-16(23)19-20(13,17(12)18(15)24-19)7-8-21(14)10-11-1-2-11/h3,5,11,13-14,19,22H,1-2,4,6-10H2/t13?,14-,19+,20+/m1/s1. The number of phenolic OH excluding ortho intramolecular Hbond substituents is 1. The Bertz CT molecular complexity index is 755. The van der Waals surface area contributed by atoms with E-state index in [-0.39, 0.29) is 23.1 Å². The topological polar surface area (TPSA) is 49.8 Å². The lowest BCUT2D eigenvalue weighted by atomic mass is 9.51. The van der Waals surface area contributed by atoms with Gasteiger partial charge in [0.2, 0.25) is 0 Å². The molecule has 4 nitrogen and oxygen atoms in total. The molecule has 2 heterocycles. The lowest BCUT2D eigenvalue weighted by Crippen LogP contribution is -2.66. The number of nitrogens with zero attached hydrogens (tertiary/aromatic N) is 1. The molecular weight excluding hydrogens is 302 g/mol. The Balaban J connectivity index is 1.53. The molecule has 1 spiro atoms. The molecular formula is C20H23NO3. The smallest absolute Gasteiger partial charge is 0.174 e. The van der Waals surface area contributed by atoms with Crippen LogP contribution < -0.4 is 4.74 Å². The van der Waals surface area contributed by atoms with Crippen molar-refractivity contribution in [1.29, 1.82) is 0 Å². The summed E-state index contributed by atoms with van der Waals surface area (Å²) < 4.78 is 6.13. The highest BCUT2D eigenvalue weighted by Crippen LogP contribution is 2.63. The average molecular weight is 325 g/mol. The molecule has 24 heavy (non-hydrogen) atoms. The third-order valence-corrected chi connectivity index (χ3v) is 7.41. The molecule has 3 fully saturated rings. The van der Waals surface area contributed by atoms with Crippen molar-refractivity contribution >= 4 is 5.78 Å². The number of hydrogen-bond acceptors (Lipinski definition) is 4. The first-order valence-electron chi connectivity index (χ1n) is 9.47. The Morgan fingerprint density at radius 1 is 1.29 bits per heavy atom. The monoisotopic (exact) mass is 325 g/mol. The Morgan fingerprint density at radius 2 is 2.17 bits per heavy atom. The number of likely N-dealkylation sites (tertiary alicyclic amines) is 1. The highest BCUT2D eigenvalue weighted by molar-refractivity contribution is 5.89. The molecule has 1 aromatic carbocycles. The van der Waals surface area contributed by atoms with E-state index in [1.807, 2.05) is 0 Å². The van der Waals surface area contributed by atoms with Crippen molar-refractivity contribution in [2.45, 2.75) is 56.1 Å².